The highest BCUT2D eigenvalue weighted by molar-refractivity contribution is 7.92. The predicted octanol–water partition coefficient (Wildman–Crippen LogP) is 1.82. The van der Waals surface area contributed by atoms with E-state index in [1.165, 1.54) is 0 Å². The third-order valence-corrected chi connectivity index (χ3v) is 7.77. The number of aryl methyl sites for hydroxylation is 2. The van der Waals surface area contributed by atoms with Crippen molar-refractivity contribution in [3.63, 3.8) is 0 Å². The Morgan fingerprint density at radius 3 is 2.78 bits per heavy atom. The number of nitrogens with zero attached hydrogens (tertiary/aromatic N) is 4. The van der Waals surface area contributed by atoms with Gasteiger partial charge in [-0.05, 0) is 39.3 Å². The van der Waals surface area contributed by atoms with Gasteiger partial charge in [0, 0.05) is 33.2 Å². The van der Waals surface area contributed by atoms with Crippen LogP contribution in [0.5, 0.6) is 0 Å². The summed E-state index contributed by atoms with van der Waals surface area (Å²) in [6, 6.07) is 8.17. The van der Waals surface area contributed by atoms with Crippen LogP contribution in [0.2, 0.25) is 0 Å². The zero-order valence-electron chi connectivity index (χ0n) is 16.6. The first-order valence-electron chi connectivity index (χ1n) is 9.35. The molecule has 0 amide bonds. The molecule has 7 nitrogen and oxygen atoms in total. The maximum atomic E-state index is 12.2. The first-order valence-corrected chi connectivity index (χ1v) is 11.0. The second-order valence-corrected chi connectivity index (χ2v) is 10.4. The third kappa shape index (κ3) is 3.95. The number of aliphatic imine (C=N–C) groups is 1. The highest BCUT2D eigenvalue weighted by Crippen LogP contribution is 2.23. The van der Waals surface area contributed by atoms with E-state index < -0.39 is 14.6 Å². The number of hydrogen-bond donors (Lipinski definition) is 1. The zero-order chi connectivity index (χ0) is 19.7. The Bertz CT molecular complexity index is 946. The summed E-state index contributed by atoms with van der Waals surface area (Å²) in [6.45, 7) is 8.18. The average Bonchev–Trinajstić information content (AvgIpc) is 2.93. The Kier molecular flexibility index (Phi) is 5.46. The van der Waals surface area contributed by atoms with Crippen LogP contribution in [0.3, 0.4) is 0 Å². The van der Waals surface area contributed by atoms with E-state index in [0.29, 0.717) is 13.1 Å². The molecular weight excluding hydrogens is 362 g/mol. The summed E-state index contributed by atoms with van der Waals surface area (Å²) in [7, 11) is -1.31. The van der Waals surface area contributed by atoms with Crippen LogP contribution in [-0.2, 0) is 16.4 Å². The molecule has 0 unspecified atom stereocenters. The van der Waals surface area contributed by atoms with Crippen molar-refractivity contribution in [3.05, 3.63) is 30.1 Å². The number of hydrogen-bond acceptors (Lipinski definition) is 4. The van der Waals surface area contributed by atoms with Gasteiger partial charge in [0.05, 0.1) is 21.5 Å². The Labute approximate surface area is 161 Å². The molecule has 0 spiro atoms. The maximum Gasteiger partial charge on any atom is 0.193 e. The standard InChI is InChI=1S/C19H29N5O2S/c1-15-22-16-8-5-6-9-17(16)24(15)11-7-10-21-18(20-4)23-12-13-27(25,26)19(2,3)14-23/h5-6,8-9H,7,10-14H2,1-4H3,(H,20,21). The van der Waals surface area contributed by atoms with Crippen LogP contribution in [0.4, 0.5) is 0 Å². The summed E-state index contributed by atoms with van der Waals surface area (Å²) in [6.07, 6.45) is 0.926. The van der Waals surface area contributed by atoms with E-state index in [9.17, 15) is 8.42 Å². The normalized spacial score (nSPS) is 19.4. The number of fused-ring (bicyclic) bond motifs is 1. The number of sulfone groups is 1. The first-order chi connectivity index (χ1) is 12.7. The van der Waals surface area contributed by atoms with Gasteiger partial charge in [-0.3, -0.25) is 4.99 Å². The molecule has 1 aromatic heterocycles. The molecular formula is C19H29N5O2S. The quantitative estimate of drug-likeness (QED) is 0.489. The van der Waals surface area contributed by atoms with E-state index >= 15 is 0 Å². The van der Waals surface area contributed by atoms with Crippen LogP contribution in [0.25, 0.3) is 11.0 Å². The van der Waals surface area contributed by atoms with E-state index in [-0.39, 0.29) is 5.75 Å². The van der Waals surface area contributed by atoms with Gasteiger partial charge in [0.2, 0.25) is 0 Å². The predicted molar refractivity (Wildman–Crippen MR) is 110 cm³/mol. The summed E-state index contributed by atoms with van der Waals surface area (Å²) in [5.74, 6) is 1.95. The van der Waals surface area contributed by atoms with Crippen molar-refractivity contribution in [2.24, 2.45) is 4.99 Å². The van der Waals surface area contributed by atoms with Crippen LogP contribution >= 0.6 is 0 Å². The van der Waals surface area contributed by atoms with Crippen molar-refractivity contribution in [1.82, 2.24) is 19.8 Å². The Balaban J connectivity index is 1.57. The van der Waals surface area contributed by atoms with Gasteiger partial charge in [0.15, 0.2) is 15.8 Å². The number of benzene rings is 1. The Morgan fingerprint density at radius 2 is 2.07 bits per heavy atom. The lowest BCUT2D eigenvalue weighted by atomic mass is 10.2. The fraction of sp³-hybridized carbons (Fsp3) is 0.579. The molecule has 1 aromatic carbocycles. The summed E-state index contributed by atoms with van der Waals surface area (Å²) in [5, 5.41) is 3.38. The largest absolute Gasteiger partial charge is 0.356 e. The average molecular weight is 392 g/mol. The van der Waals surface area contributed by atoms with Crippen LogP contribution < -0.4 is 5.32 Å². The van der Waals surface area contributed by atoms with Gasteiger partial charge in [-0.1, -0.05) is 12.1 Å². The topological polar surface area (TPSA) is 79.6 Å². The number of imidazole rings is 1. The van der Waals surface area contributed by atoms with Gasteiger partial charge in [0.1, 0.15) is 5.82 Å². The molecule has 8 heteroatoms. The van der Waals surface area contributed by atoms with Crippen molar-refractivity contribution in [2.75, 3.05) is 32.4 Å². The molecule has 1 aliphatic heterocycles. The second kappa shape index (κ2) is 7.50. The van der Waals surface area contributed by atoms with Crippen LogP contribution in [-0.4, -0.2) is 66.0 Å². The summed E-state index contributed by atoms with van der Waals surface area (Å²) < 4.78 is 25.9. The first kappa shape index (κ1) is 19.7. The van der Waals surface area contributed by atoms with Crippen LogP contribution in [0, 0.1) is 6.92 Å². The van der Waals surface area contributed by atoms with E-state index in [1.807, 2.05) is 30.0 Å². The SMILES string of the molecule is CN=C(NCCCn1c(C)nc2ccccc21)N1CCS(=O)(=O)C(C)(C)C1. The summed E-state index contributed by atoms with van der Waals surface area (Å²) in [4.78, 5) is 11.0. The van der Waals surface area contributed by atoms with E-state index in [1.54, 1.807) is 20.9 Å². The molecule has 3 rings (SSSR count). The molecule has 0 bridgehead atoms. The van der Waals surface area contributed by atoms with Crippen molar-refractivity contribution in [2.45, 2.75) is 38.5 Å². The fourth-order valence-corrected chi connectivity index (χ4v) is 4.94. The van der Waals surface area contributed by atoms with Gasteiger partial charge >= 0.3 is 0 Å². The van der Waals surface area contributed by atoms with Gasteiger partial charge in [-0.15, -0.1) is 0 Å². The van der Waals surface area contributed by atoms with Gasteiger partial charge < -0.3 is 14.8 Å². The molecule has 0 saturated carbocycles. The maximum absolute atomic E-state index is 12.2. The van der Waals surface area contributed by atoms with Gasteiger partial charge in [-0.25, -0.2) is 13.4 Å². The molecule has 0 radical (unpaired) electrons. The van der Waals surface area contributed by atoms with E-state index in [2.05, 4.69) is 25.9 Å². The molecule has 27 heavy (non-hydrogen) atoms. The zero-order valence-corrected chi connectivity index (χ0v) is 17.4. The van der Waals surface area contributed by atoms with Gasteiger partial charge in [-0.2, -0.15) is 0 Å². The molecule has 1 N–H and O–H groups in total. The molecule has 148 valence electrons. The van der Waals surface area contributed by atoms with Crippen LogP contribution in [0.1, 0.15) is 26.1 Å². The smallest absolute Gasteiger partial charge is 0.193 e. The Hall–Kier alpha value is -2.09. The fourth-order valence-electron chi connectivity index (χ4n) is 3.57. The molecule has 0 atom stereocenters. The lowest BCUT2D eigenvalue weighted by Gasteiger charge is -2.39. The lowest BCUT2D eigenvalue weighted by Crippen LogP contribution is -2.57. The number of para-hydroxylation sites is 2. The number of nitrogens with one attached hydrogen (secondary N) is 1. The molecule has 0 aliphatic carbocycles. The van der Waals surface area contributed by atoms with Gasteiger partial charge in [0.25, 0.3) is 0 Å². The Morgan fingerprint density at radius 1 is 1.33 bits per heavy atom. The van der Waals surface area contributed by atoms with E-state index in [0.717, 1.165) is 42.3 Å². The van der Waals surface area contributed by atoms with Crippen molar-refractivity contribution in [1.29, 1.82) is 0 Å². The summed E-state index contributed by atoms with van der Waals surface area (Å²) >= 11 is 0. The highest BCUT2D eigenvalue weighted by atomic mass is 32.2. The molecule has 1 aliphatic rings. The monoisotopic (exact) mass is 391 g/mol. The number of aromatic nitrogens is 2. The highest BCUT2D eigenvalue weighted by Gasteiger charge is 2.40. The van der Waals surface area contributed by atoms with Crippen LogP contribution in [0.15, 0.2) is 29.3 Å². The minimum atomic E-state index is -3.05. The lowest BCUT2D eigenvalue weighted by molar-refractivity contribution is 0.353. The van der Waals surface area contributed by atoms with Crippen molar-refractivity contribution >= 4 is 26.8 Å². The second-order valence-electron chi connectivity index (χ2n) is 7.63. The molecule has 1 fully saturated rings. The van der Waals surface area contributed by atoms with Crippen molar-refractivity contribution in [3.8, 4) is 0 Å². The summed E-state index contributed by atoms with van der Waals surface area (Å²) in [5.41, 5.74) is 2.18. The van der Waals surface area contributed by atoms with Crippen molar-refractivity contribution < 1.29 is 8.42 Å². The minimum Gasteiger partial charge on any atom is -0.356 e. The van der Waals surface area contributed by atoms with E-state index in [4.69, 9.17) is 0 Å². The molecule has 2 aromatic rings. The minimum absolute atomic E-state index is 0.168. The number of guanidine groups is 1. The molecule has 2 heterocycles. The number of rotatable bonds is 4. The molecule has 1 saturated heterocycles. The third-order valence-electron chi connectivity index (χ3n) is 5.24.